The van der Waals surface area contributed by atoms with Gasteiger partial charge in [0.25, 0.3) is 5.91 Å². The van der Waals surface area contributed by atoms with Crippen LogP contribution in [-0.4, -0.2) is 55.0 Å². The van der Waals surface area contributed by atoms with E-state index in [-0.39, 0.29) is 16.7 Å². The molecule has 3 N–H and O–H groups in total. The molecule has 10 nitrogen and oxygen atoms in total. The van der Waals surface area contributed by atoms with E-state index in [1.165, 1.54) is 36.4 Å². The molecule has 4 atom stereocenters. The highest BCUT2D eigenvalue weighted by Gasteiger charge is 2.57. The van der Waals surface area contributed by atoms with E-state index >= 15 is 4.39 Å². The van der Waals surface area contributed by atoms with Gasteiger partial charge in [-0.3, -0.25) is 19.0 Å². The maximum atomic E-state index is 15.2. The summed E-state index contributed by atoms with van der Waals surface area (Å²) in [4.78, 5) is 56.2. The standard InChI is InChI=1S/C33H30FN3O7/c1-18-4-10-21(11-5-18)26(38)27(39)29-33(43,28(40)22-12-6-19(2)7-13-22)16-25(44-29)37-17-24(34)30(36-32(37)42)35-31(41)23-14-8-20(3)9-15-23/h4-15,17,25,27,29,39,43H,16H2,1-3H3,(H,35,36,41,42)/t25-,27?,29-,33-/m1/s1. The summed E-state index contributed by atoms with van der Waals surface area (Å²) >= 11 is 0. The number of carbonyl (C=O) groups excluding carboxylic acids is 3. The average Bonchev–Trinajstić information content (AvgIpc) is 3.36. The number of amides is 1. The summed E-state index contributed by atoms with van der Waals surface area (Å²) in [5, 5.41) is 25.2. The maximum absolute atomic E-state index is 15.2. The lowest BCUT2D eigenvalue weighted by molar-refractivity contribution is -0.0916. The first-order valence-electron chi connectivity index (χ1n) is 13.8. The normalized spacial score (nSPS) is 20.2. The van der Waals surface area contributed by atoms with Crippen molar-refractivity contribution in [2.24, 2.45) is 0 Å². The fourth-order valence-electron chi connectivity index (χ4n) is 5.04. The zero-order chi connectivity index (χ0) is 31.8. The minimum absolute atomic E-state index is 0.0770. The molecule has 1 aliphatic rings. The van der Waals surface area contributed by atoms with Crippen molar-refractivity contribution in [2.75, 3.05) is 5.32 Å². The summed E-state index contributed by atoms with van der Waals surface area (Å²) in [5.74, 6) is -4.10. The number of anilines is 1. The van der Waals surface area contributed by atoms with Gasteiger partial charge in [-0.05, 0) is 32.9 Å². The molecule has 1 unspecified atom stereocenters. The molecule has 4 aromatic rings. The van der Waals surface area contributed by atoms with Crippen molar-refractivity contribution in [1.29, 1.82) is 0 Å². The van der Waals surface area contributed by atoms with E-state index in [0.717, 1.165) is 22.9 Å². The molecule has 1 fully saturated rings. The molecule has 0 bridgehead atoms. The second-order valence-electron chi connectivity index (χ2n) is 11.0. The van der Waals surface area contributed by atoms with E-state index in [2.05, 4.69) is 10.3 Å². The van der Waals surface area contributed by atoms with Crippen LogP contribution in [0.25, 0.3) is 0 Å². The molecule has 0 saturated carbocycles. The third-order valence-electron chi connectivity index (χ3n) is 7.62. The van der Waals surface area contributed by atoms with Gasteiger partial charge >= 0.3 is 5.69 Å². The number of ketones is 2. The Labute approximate surface area is 251 Å². The lowest BCUT2D eigenvalue weighted by atomic mass is 9.82. The topological polar surface area (TPSA) is 148 Å². The first-order chi connectivity index (χ1) is 20.9. The number of Topliss-reactive ketones (excluding diaryl/α,β-unsaturated/α-hetero) is 2. The molecule has 0 spiro atoms. The van der Waals surface area contributed by atoms with E-state index < -0.39 is 65.3 Å². The van der Waals surface area contributed by atoms with Crippen LogP contribution in [-0.2, 0) is 4.74 Å². The lowest BCUT2D eigenvalue weighted by Crippen LogP contribution is -2.53. The second-order valence-corrected chi connectivity index (χ2v) is 11.0. The van der Waals surface area contributed by atoms with Crippen LogP contribution in [0, 0.1) is 26.6 Å². The van der Waals surface area contributed by atoms with Crippen LogP contribution < -0.4 is 11.0 Å². The summed E-state index contributed by atoms with van der Waals surface area (Å²) in [6, 6.07) is 19.0. The Hall–Kier alpha value is -4.84. The first-order valence-corrected chi connectivity index (χ1v) is 13.8. The number of aryl methyl sites for hydroxylation is 3. The number of benzene rings is 3. The van der Waals surface area contributed by atoms with Crippen LogP contribution in [0.5, 0.6) is 0 Å². The van der Waals surface area contributed by atoms with Gasteiger partial charge in [0, 0.05) is 23.1 Å². The number of halogens is 1. The maximum Gasteiger partial charge on any atom is 0.351 e. The molecule has 2 heterocycles. The van der Waals surface area contributed by atoms with Gasteiger partial charge in [-0.15, -0.1) is 0 Å². The Morgan fingerprint density at radius 3 is 1.95 bits per heavy atom. The molecule has 5 rings (SSSR count). The molecular formula is C33H30FN3O7. The fourth-order valence-corrected chi connectivity index (χ4v) is 5.04. The zero-order valence-corrected chi connectivity index (χ0v) is 24.2. The van der Waals surface area contributed by atoms with Crippen LogP contribution >= 0.6 is 0 Å². The van der Waals surface area contributed by atoms with E-state index in [1.54, 1.807) is 36.4 Å². The van der Waals surface area contributed by atoms with Crippen LogP contribution in [0.3, 0.4) is 0 Å². The Morgan fingerprint density at radius 2 is 1.41 bits per heavy atom. The molecule has 1 amide bonds. The van der Waals surface area contributed by atoms with Crippen molar-refractivity contribution < 1.29 is 33.7 Å². The van der Waals surface area contributed by atoms with Crippen molar-refractivity contribution in [2.45, 2.75) is 51.2 Å². The smallest absolute Gasteiger partial charge is 0.351 e. The van der Waals surface area contributed by atoms with E-state index in [0.29, 0.717) is 4.57 Å². The first kappa shape index (κ1) is 30.6. The Morgan fingerprint density at radius 1 is 0.909 bits per heavy atom. The summed E-state index contributed by atoms with van der Waals surface area (Å²) in [6.45, 7) is 5.47. The zero-order valence-electron chi connectivity index (χ0n) is 24.2. The number of hydrogen-bond acceptors (Lipinski definition) is 8. The number of hydrogen-bond donors (Lipinski definition) is 3. The van der Waals surface area contributed by atoms with E-state index in [9.17, 15) is 29.4 Å². The van der Waals surface area contributed by atoms with Gasteiger partial charge in [-0.1, -0.05) is 77.4 Å². The van der Waals surface area contributed by atoms with Crippen molar-refractivity contribution in [1.82, 2.24) is 9.55 Å². The minimum Gasteiger partial charge on any atom is -0.382 e. The van der Waals surface area contributed by atoms with Crippen LogP contribution in [0.4, 0.5) is 10.2 Å². The average molecular weight is 600 g/mol. The van der Waals surface area contributed by atoms with Crippen LogP contribution in [0.1, 0.15) is 60.4 Å². The van der Waals surface area contributed by atoms with Gasteiger partial charge in [0.2, 0.25) is 0 Å². The third kappa shape index (κ3) is 5.98. The van der Waals surface area contributed by atoms with Gasteiger partial charge in [0.1, 0.15) is 18.4 Å². The highest BCUT2D eigenvalue weighted by Crippen LogP contribution is 2.41. The number of rotatable bonds is 8. The fraction of sp³-hybridized carbons (Fsp3) is 0.242. The molecule has 1 aromatic heterocycles. The predicted molar refractivity (Wildman–Crippen MR) is 158 cm³/mol. The highest BCUT2D eigenvalue weighted by molar-refractivity contribution is 6.05. The van der Waals surface area contributed by atoms with Gasteiger partial charge < -0.3 is 20.3 Å². The monoisotopic (exact) mass is 599 g/mol. The van der Waals surface area contributed by atoms with Crippen molar-refractivity contribution in [3.63, 3.8) is 0 Å². The number of ether oxygens (including phenoxy) is 1. The molecule has 0 aliphatic carbocycles. The van der Waals surface area contributed by atoms with Crippen LogP contribution in [0.15, 0.2) is 83.8 Å². The van der Waals surface area contributed by atoms with E-state index in [1.807, 2.05) is 20.8 Å². The summed E-state index contributed by atoms with van der Waals surface area (Å²) < 4.78 is 21.7. The number of aliphatic hydroxyl groups is 2. The van der Waals surface area contributed by atoms with Gasteiger partial charge in [-0.2, -0.15) is 4.98 Å². The summed E-state index contributed by atoms with van der Waals surface area (Å²) in [6.07, 6.45) is -5.25. The predicted octanol–water partition coefficient (Wildman–Crippen LogP) is 3.71. The van der Waals surface area contributed by atoms with Crippen molar-refractivity contribution in [3.8, 4) is 0 Å². The Balaban J connectivity index is 1.47. The largest absolute Gasteiger partial charge is 0.382 e. The molecule has 1 aliphatic heterocycles. The number of aliphatic hydroxyl groups excluding tert-OH is 1. The number of nitrogens with one attached hydrogen (secondary N) is 1. The molecule has 1 saturated heterocycles. The molecular weight excluding hydrogens is 569 g/mol. The Kier molecular flexibility index (Phi) is 8.38. The van der Waals surface area contributed by atoms with E-state index in [4.69, 9.17) is 4.74 Å². The quantitative estimate of drug-likeness (QED) is 0.260. The highest BCUT2D eigenvalue weighted by atomic mass is 19.1. The second kappa shape index (κ2) is 12.0. The lowest BCUT2D eigenvalue weighted by Gasteiger charge is -2.29. The third-order valence-corrected chi connectivity index (χ3v) is 7.62. The number of carbonyl (C=O) groups is 3. The molecule has 3 aromatic carbocycles. The van der Waals surface area contributed by atoms with Gasteiger partial charge in [-0.25, -0.2) is 9.18 Å². The number of nitrogens with zero attached hydrogens (tertiary/aromatic N) is 2. The summed E-state index contributed by atoms with van der Waals surface area (Å²) in [5.41, 5.74) is -0.527. The molecule has 44 heavy (non-hydrogen) atoms. The van der Waals surface area contributed by atoms with Crippen molar-refractivity contribution in [3.05, 3.63) is 129 Å². The van der Waals surface area contributed by atoms with Gasteiger partial charge in [0.15, 0.2) is 28.8 Å². The molecule has 11 heteroatoms. The SMILES string of the molecule is Cc1ccc(C(=O)Nc2nc(=O)n([C@H]3C[C@@](O)(C(=O)c4ccc(C)cc4)[C@@H](C(O)C(=O)c4ccc(C)cc4)O3)cc2F)cc1. The summed E-state index contributed by atoms with van der Waals surface area (Å²) in [7, 11) is 0. The molecule has 0 radical (unpaired) electrons. The number of aromatic nitrogens is 2. The molecule has 226 valence electrons. The minimum atomic E-state index is -2.49. The van der Waals surface area contributed by atoms with Gasteiger partial charge in [0.05, 0.1) is 6.20 Å². The van der Waals surface area contributed by atoms with Crippen LogP contribution in [0.2, 0.25) is 0 Å². The van der Waals surface area contributed by atoms with Crippen molar-refractivity contribution >= 4 is 23.3 Å². The Bertz CT molecular complexity index is 1790.